The van der Waals surface area contributed by atoms with Crippen molar-refractivity contribution in [2.45, 2.75) is 38.3 Å². The minimum Gasteiger partial charge on any atom is -0.396 e. The van der Waals surface area contributed by atoms with E-state index in [1.54, 1.807) is 6.20 Å². The molecule has 1 saturated heterocycles. The summed E-state index contributed by atoms with van der Waals surface area (Å²) in [5, 5.41) is 16.4. The SMILES string of the molecule is O=C(N[C@@H]1C=C[C@H](CO)C1)c1cnn(CCN2CCCCC2)c1. The van der Waals surface area contributed by atoms with Crippen LogP contribution in [0.5, 0.6) is 0 Å². The minimum atomic E-state index is -0.0949. The zero-order valence-electron chi connectivity index (χ0n) is 13.5. The third kappa shape index (κ3) is 4.42. The third-order valence-corrected chi connectivity index (χ3v) is 4.71. The smallest absolute Gasteiger partial charge is 0.254 e. The Labute approximate surface area is 137 Å². The van der Waals surface area contributed by atoms with E-state index in [0.29, 0.717) is 5.56 Å². The second-order valence-electron chi connectivity index (χ2n) is 6.54. The third-order valence-electron chi connectivity index (χ3n) is 4.71. The summed E-state index contributed by atoms with van der Waals surface area (Å²) in [4.78, 5) is 14.7. The number of hydrogen-bond acceptors (Lipinski definition) is 4. The number of aliphatic hydroxyl groups excluding tert-OH is 1. The second kappa shape index (κ2) is 7.75. The lowest BCUT2D eigenvalue weighted by molar-refractivity contribution is 0.0941. The van der Waals surface area contributed by atoms with E-state index in [9.17, 15) is 4.79 Å². The van der Waals surface area contributed by atoms with Crippen molar-refractivity contribution in [3.8, 4) is 0 Å². The molecule has 2 aliphatic rings. The van der Waals surface area contributed by atoms with Crippen LogP contribution in [0.15, 0.2) is 24.5 Å². The molecule has 23 heavy (non-hydrogen) atoms. The van der Waals surface area contributed by atoms with E-state index in [1.165, 1.54) is 32.4 Å². The van der Waals surface area contributed by atoms with Gasteiger partial charge in [0.15, 0.2) is 0 Å². The molecule has 2 N–H and O–H groups in total. The van der Waals surface area contributed by atoms with Crippen molar-refractivity contribution in [1.29, 1.82) is 0 Å². The largest absolute Gasteiger partial charge is 0.396 e. The number of nitrogens with one attached hydrogen (secondary N) is 1. The number of hydrogen-bond donors (Lipinski definition) is 2. The van der Waals surface area contributed by atoms with Crippen LogP contribution < -0.4 is 5.32 Å². The fraction of sp³-hybridized carbons (Fsp3) is 0.647. The molecule has 0 saturated carbocycles. The van der Waals surface area contributed by atoms with Gasteiger partial charge in [-0.15, -0.1) is 0 Å². The summed E-state index contributed by atoms with van der Waals surface area (Å²) >= 11 is 0. The number of amides is 1. The number of carbonyl (C=O) groups excluding carboxylic acids is 1. The highest BCUT2D eigenvalue weighted by Crippen LogP contribution is 2.17. The van der Waals surface area contributed by atoms with Crippen molar-refractivity contribution in [2.24, 2.45) is 5.92 Å². The van der Waals surface area contributed by atoms with Crippen LogP contribution in [-0.2, 0) is 6.54 Å². The molecule has 0 aromatic carbocycles. The number of aliphatic hydroxyl groups is 1. The van der Waals surface area contributed by atoms with E-state index >= 15 is 0 Å². The summed E-state index contributed by atoms with van der Waals surface area (Å²) in [6.07, 6.45) is 12.1. The number of nitrogens with zero attached hydrogens (tertiary/aromatic N) is 3. The Morgan fingerprint density at radius 3 is 2.83 bits per heavy atom. The standard InChI is InChI=1S/C17H26N4O2/c22-13-14-4-5-16(10-14)19-17(23)15-11-18-21(12-15)9-8-20-6-2-1-3-7-20/h4-5,11-12,14,16,22H,1-3,6-10,13H2,(H,19,23)/t14-,16+/m0/s1. The maximum absolute atomic E-state index is 12.2. The first-order valence-electron chi connectivity index (χ1n) is 8.59. The molecule has 1 aromatic heterocycles. The number of piperidine rings is 1. The predicted octanol–water partition coefficient (Wildman–Crippen LogP) is 1.04. The molecule has 0 bridgehead atoms. The van der Waals surface area contributed by atoms with Gasteiger partial charge in [0, 0.05) is 31.3 Å². The van der Waals surface area contributed by atoms with Crippen LogP contribution in [0.2, 0.25) is 0 Å². The molecule has 0 unspecified atom stereocenters. The topological polar surface area (TPSA) is 70.4 Å². The quantitative estimate of drug-likeness (QED) is 0.769. The Morgan fingerprint density at radius 2 is 2.09 bits per heavy atom. The maximum Gasteiger partial charge on any atom is 0.254 e. The first kappa shape index (κ1) is 16.2. The molecule has 3 rings (SSSR count). The average Bonchev–Trinajstić information content (AvgIpc) is 3.23. The molecule has 2 heterocycles. The van der Waals surface area contributed by atoms with Gasteiger partial charge >= 0.3 is 0 Å². The predicted molar refractivity (Wildman–Crippen MR) is 88.1 cm³/mol. The van der Waals surface area contributed by atoms with Gasteiger partial charge < -0.3 is 15.3 Å². The molecule has 126 valence electrons. The molecule has 6 nitrogen and oxygen atoms in total. The molecule has 6 heteroatoms. The van der Waals surface area contributed by atoms with Crippen LogP contribution in [0.3, 0.4) is 0 Å². The van der Waals surface area contributed by atoms with E-state index in [1.807, 2.05) is 23.0 Å². The lowest BCUT2D eigenvalue weighted by Crippen LogP contribution is -2.33. The van der Waals surface area contributed by atoms with Crippen molar-refractivity contribution in [3.05, 3.63) is 30.1 Å². The highest BCUT2D eigenvalue weighted by Gasteiger charge is 2.21. The Balaban J connectivity index is 1.46. The van der Waals surface area contributed by atoms with E-state index in [2.05, 4.69) is 15.3 Å². The normalized spacial score (nSPS) is 24.9. The van der Waals surface area contributed by atoms with Crippen molar-refractivity contribution in [2.75, 3.05) is 26.2 Å². The van der Waals surface area contributed by atoms with E-state index in [4.69, 9.17) is 5.11 Å². The van der Waals surface area contributed by atoms with E-state index in [-0.39, 0.29) is 24.5 Å². The average molecular weight is 318 g/mol. The Hall–Kier alpha value is -1.66. The fourth-order valence-electron chi connectivity index (χ4n) is 3.30. The van der Waals surface area contributed by atoms with Crippen molar-refractivity contribution in [3.63, 3.8) is 0 Å². The molecule has 1 aliphatic heterocycles. The van der Waals surface area contributed by atoms with Crippen LogP contribution in [-0.4, -0.2) is 58.0 Å². The highest BCUT2D eigenvalue weighted by molar-refractivity contribution is 5.94. The molecular formula is C17H26N4O2. The Morgan fingerprint density at radius 1 is 1.26 bits per heavy atom. The Kier molecular flexibility index (Phi) is 5.46. The summed E-state index contributed by atoms with van der Waals surface area (Å²) in [6.45, 7) is 4.30. The van der Waals surface area contributed by atoms with Crippen molar-refractivity contribution >= 4 is 5.91 Å². The first-order valence-corrected chi connectivity index (χ1v) is 8.59. The van der Waals surface area contributed by atoms with Crippen molar-refractivity contribution < 1.29 is 9.90 Å². The van der Waals surface area contributed by atoms with Crippen LogP contribution in [0.1, 0.15) is 36.0 Å². The number of carbonyl (C=O) groups is 1. The Bertz CT molecular complexity index is 549. The number of likely N-dealkylation sites (tertiary alicyclic amines) is 1. The minimum absolute atomic E-state index is 0.0105. The van der Waals surface area contributed by atoms with Gasteiger partial charge in [-0.2, -0.15) is 5.10 Å². The molecular weight excluding hydrogens is 292 g/mol. The zero-order chi connectivity index (χ0) is 16.1. The van der Waals surface area contributed by atoms with Gasteiger partial charge in [-0.05, 0) is 32.4 Å². The van der Waals surface area contributed by atoms with E-state index < -0.39 is 0 Å². The maximum atomic E-state index is 12.2. The molecule has 0 spiro atoms. The van der Waals surface area contributed by atoms with Crippen LogP contribution in [0.25, 0.3) is 0 Å². The molecule has 1 aromatic rings. The van der Waals surface area contributed by atoms with Gasteiger partial charge in [-0.1, -0.05) is 18.6 Å². The summed E-state index contributed by atoms with van der Waals surface area (Å²) in [7, 11) is 0. The number of rotatable bonds is 6. The molecule has 2 atom stereocenters. The molecule has 1 fully saturated rings. The monoisotopic (exact) mass is 318 g/mol. The summed E-state index contributed by atoms with van der Waals surface area (Å²) < 4.78 is 1.85. The zero-order valence-corrected chi connectivity index (χ0v) is 13.5. The van der Waals surface area contributed by atoms with Crippen LogP contribution in [0.4, 0.5) is 0 Å². The lowest BCUT2D eigenvalue weighted by atomic mass is 10.1. The highest BCUT2D eigenvalue weighted by atomic mass is 16.3. The van der Waals surface area contributed by atoms with Gasteiger partial charge in [0.25, 0.3) is 5.91 Å². The van der Waals surface area contributed by atoms with Gasteiger partial charge in [0.2, 0.25) is 0 Å². The number of aromatic nitrogens is 2. The van der Waals surface area contributed by atoms with Crippen LogP contribution >= 0.6 is 0 Å². The van der Waals surface area contributed by atoms with Crippen molar-refractivity contribution in [1.82, 2.24) is 20.0 Å². The first-order chi connectivity index (χ1) is 11.2. The lowest BCUT2D eigenvalue weighted by Gasteiger charge is -2.26. The fourth-order valence-corrected chi connectivity index (χ4v) is 3.30. The molecule has 1 aliphatic carbocycles. The van der Waals surface area contributed by atoms with Gasteiger partial charge in [-0.3, -0.25) is 9.48 Å². The van der Waals surface area contributed by atoms with E-state index in [0.717, 1.165) is 19.5 Å². The van der Waals surface area contributed by atoms with Gasteiger partial charge in [0.05, 0.1) is 18.3 Å². The molecule has 1 amide bonds. The summed E-state index contributed by atoms with van der Waals surface area (Å²) in [6, 6.07) is 0.0105. The van der Waals surface area contributed by atoms with Gasteiger partial charge in [0.1, 0.15) is 0 Å². The summed E-state index contributed by atoms with van der Waals surface area (Å²) in [5.41, 5.74) is 0.601. The molecule has 0 radical (unpaired) electrons. The second-order valence-corrected chi connectivity index (χ2v) is 6.54. The van der Waals surface area contributed by atoms with Gasteiger partial charge in [-0.25, -0.2) is 0 Å². The summed E-state index contributed by atoms with van der Waals surface area (Å²) in [5.74, 6) is 0.0648. The van der Waals surface area contributed by atoms with Crippen LogP contribution in [0, 0.1) is 5.92 Å².